The topological polar surface area (TPSA) is 59.8 Å². The van der Waals surface area contributed by atoms with Crippen LogP contribution in [0.4, 0.5) is 0 Å². The van der Waals surface area contributed by atoms with Gasteiger partial charge in [-0.3, -0.25) is 9.48 Å². The van der Waals surface area contributed by atoms with E-state index in [0.717, 1.165) is 47.8 Å². The van der Waals surface area contributed by atoms with Crippen molar-refractivity contribution >= 4 is 34.9 Å². The number of thiazole rings is 1. The number of aromatic nitrogens is 3. The summed E-state index contributed by atoms with van der Waals surface area (Å²) in [5, 5.41) is 11.2. The molecule has 5 nitrogen and oxygen atoms in total. The first-order valence-electron chi connectivity index (χ1n) is 8.96. The number of carbonyl (C=O) groups is 1. The zero-order valence-electron chi connectivity index (χ0n) is 15.9. The second-order valence-corrected chi connectivity index (χ2v) is 8.13. The van der Waals surface area contributed by atoms with Crippen molar-refractivity contribution in [2.75, 3.05) is 6.54 Å². The Hall–Kier alpha value is -1.66. The molecule has 0 unspecified atom stereocenters. The molecule has 0 aliphatic carbocycles. The number of hydrogen-bond donors (Lipinski definition) is 1. The molecule has 0 radical (unpaired) electrons. The predicted octanol–water partition coefficient (Wildman–Crippen LogP) is 4.42. The molecule has 0 fully saturated rings. The molecule has 142 valence electrons. The second kappa shape index (κ2) is 9.88. The van der Waals surface area contributed by atoms with Crippen LogP contribution in [0, 0.1) is 19.8 Å². The lowest BCUT2D eigenvalue weighted by Crippen LogP contribution is -2.22. The summed E-state index contributed by atoms with van der Waals surface area (Å²) in [6.45, 7) is 9.57. The summed E-state index contributed by atoms with van der Waals surface area (Å²) in [5.41, 5.74) is 2.72. The minimum atomic E-state index is -0.109. The number of nitrogens with zero attached hydrogens (tertiary/aromatic N) is 3. The van der Waals surface area contributed by atoms with Gasteiger partial charge in [0.1, 0.15) is 5.15 Å². The van der Waals surface area contributed by atoms with Gasteiger partial charge in [-0.25, -0.2) is 4.98 Å². The lowest BCUT2D eigenvalue weighted by Gasteiger charge is -2.05. The summed E-state index contributed by atoms with van der Waals surface area (Å²) < 4.78 is 1.79. The molecule has 0 aliphatic heterocycles. The van der Waals surface area contributed by atoms with Gasteiger partial charge in [-0.15, -0.1) is 11.3 Å². The number of aryl methyl sites for hydroxylation is 3. The largest absolute Gasteiger partial charge is 0.353 e. The number of hydrogen-bond acceptors (Lipinski definition) is 4. The number of halogens is 1. The summed E-state index contributed by atoms with van der Waals surface area (Å²) in [7, 11) is 0. The lowest BCUT2D eigenvalue weighted by atomic mass is 10.2. The maximum absolute atomic E-state index is 12.0. The monoisotopic (exact) mass is 394 g/mol. The first-order chi connectivity index (χ1) is 12.4. The van der Waals surface area contributed by atoms with Gasteiger partial charge in [-0.1, -0.05) is 25.4 Å². The van der Waals surface area contributed by atoms with Crippen molar-refractivity contribution in [2.24, 2.45) is 5.92 Å². The molecule has 2 heterocycles. The van der Waals surface area contributed by atoms with E-state index in [-0.39, 0.29) is 5.91 Å². The van der Waals surface area contributed by atoms with E-state index in [0.29, 0.717) is 17.6 Å². The highest BCUT2D eigenvalue weighted by Gasteiger charge is 2.12. The average Bonchev–Trinajstić information content (AvgIpc) is 3.09. The molecule has 0 saturated heterocycles. The Morgan fingerprint density at radius 2 is 2.15 bits per heavy atom. The zero-order valence-corrected chi connectivity index (χ0v) is 17.5. The molecule has 2 aromatic heterocycles. The Balaban J connectivity index is 1.76. The smallest absolute Gasteiger partial charge is 0.244 e. The summed E-state index contributed by atoms with van der Waals surface area (Å²) in [6, 6.07) is 0. The fourth-order valence-corrected chi connectivity index (χ4v) is 3.70. The standard InChI is InChI=1S/C19H27ClN4OS/c1-13(2)11-24-19(20)16(15(4)23-24)8-9-17(25)21-10-6-5-7-18-22-14(3)12-26-18/h8-9,12-13H,5-7,10-11H2,1-4H3,(H,21,25)/b9-8+. The third-order valence-corrected chi connectivity index (χ3v) is 5.26. The molecule has 0 saturated carbocycles. The minimum Gasteiger partial charge on any atom is -0.353 e. The second-order valence-electron chi connectivity index (χ2n) is 6.83. The maximum atomic E-state index is 12.0. The Kier molecular flexibility index (Phi) is 7.85. The average molecular weight is 395 g/mol. The van der Waals surface area contributed by atoms with Crippen molar-refractivity contribution in [3.05, 3.63) is 38.6 Å². The van der Waals surface area contributed by atoms with E-state index in [1.165, 1.54) is 6.08 Å². The van der Waals surface area contributed by atoms with Crippen molar-refractivity contribution in [3.63, 3.8) is 0 Å². The van der Waals surface area contributed by atoms with Gasteiger partial charge in [0, 0.05) is 35.8 Å². The fourth-order valence-electron chi connectivity index (χ4n) is 2.57. The number of amides is 1. The summed E-state index contributed by atoms with van der Waals surface area (Å²) >= 11 is 8.07. The molecular formula is C19H27ClN4OS. The van der Waals surface area contributed by atoms with Crippen LogP contribution in [0.15, 0.2) is 11.5 Å². The van der Waals surface area contributed by atoms with Crippen LogP contribution in [0.5, 0.6) is 0 Å². The number of carbonyl (C=O) groups excluding carboxylic acids is 1. The Bertz CT molecular complexity index is 764. The number of nitrogens with one attached hydrogen (secondary N) is 1. The van der Waals surface area contributed by atoms with Crippen LogP contribution in [-0.4, -0.2) is 27.2 Å². The van der Waals surface area contributed by atoms with Gasteiger partial charge in [-0.2, -0.15) is 5.10 Å². The first-order valence-corrected chi connectivity index (χ1v) is 10.2. The molecule has 0 spiro atoms. The van der Waals surface area contributed by atoms with E-state index < -0.39 is 0 Å². The number of unbranched alkanes of at least 4 members (excludes halogenated alkanes) is 1. The highest BCUT2D eigenvalue weighted by molar-refractivity contribution is 7.09. The third-order valence-electron chi connectivity index (χ3n) is 3.83. The van der Waals surface area contributed by atoms with Gasteiger partial charge in [-0.05, 0) is 45.1 Å². The molecule has 0 atom stereocenters. The van der Waals surface area contributed by atoms with Gasteiger partial charge in [0.2, 0.25) is 5.91 Å². The molecule has 26 heavy (non-hydrogen) atoms. The minimum absolute atomic E-state index is 0.109. The van der Waals surface area contributed by atoms with Gasteiger partial charge in [0.25, 0.3) is 0 Å². The molecule has 7 heteroatoms. The van der Waals surface area contributed by atoms with Gasteiger partial charge < -0.3 is 5.32 Å². The van der Waals surface area contributed by atoms with E-state index in [4.69, 9.17) is 11.6 Å². The first kappa shape index (κ1) is 20.6. The molecule has 0 bridgehead atoms. The van der Waals surface area contributed by atoms with E-state index in [2.05, 4.69) is 34.6 Å². The lowest BCUT2D eigenvalue weighted by molar-refractivity contribution is -0.116. The van der Waals surface area contributed by atoms with Crippen molar-refractivity contribution in [3.8, 4) is 0 Å². The van der Waals surface area contributed by atoms with Crippen molar-refractivity contribution in [1.82, 2.24) is 20.1 Å². The van der Waals surface area contributed by atoms with Gasteiger partial charge in [0.05, 0.1) is 10.7 Å². The summed E-state index contributed by atoms with van der Waals surface area (Å²) in [6.07, 6.45) is 6.19. The molecule has 0 aromatic carbocycles. The van der Waals surface area contributed by atoms with E-state index in [1.807, 2.05) is 13.8 Å². The summed E-state index contributed by atoms with van der Waals surface area (Å²) in [4.78, 5) is 16.4. The quantitative estimate of drug-likeness (QED) is 0.506. The molecule has 0 aliphatic rings. The van der Waals surface area contributed by atoms with E-state index in [1.54, 1.807) is 22.1 Å². The fraction of sp³-hybridized carbons (Fsp3) is 0.526. The van der Waals surface area contributed by atoms with Crippen LogP contribution >= 0.6 is 22.9 Å². The van der Waals surface area contributed by atoms with Crippen molar-refractivity contribution in [2.45, 2.75) is 53.5 Å². The van der Waals surface area contributed by atoms with Crippen molar-refractivity contribution in [1.29, 1.82) is 0 Å². The van der Waals surface area contributed by atoms with Crippen LogP contribution in [0.2, 0.25) is 5.15 Å². The van der Waals surface area contributed by atoms with Gasteiger partial charge in [0.15, 0.2) is 0 Å². The SMILES string of the molecule is Cc1csc(CCCCNC(=O)/C=C/c2c(C)nn(CC(C)C)c2Cl)n1. The van der Waals surface area contributed by atoms with Crippen LogP contribution in [0.3, 0.4) is 0 Å². The third kappa shape index (κ3) is 6.25. The van der Waals surface area contributed by atoms with E-state index >= 15 is 0 Å². The zero-order chi connectivity index (χ0) is 19.1. The van der Waals surface area contributed by atoms with Crippen LogP contribution < -0.4 is 5.32 Å². The molecular weight excluding hydrogens is 368 g/mol. The summed E-state index contributed by atoms with van der Waals surface area (Å²) in [5.74, 6) is 0.349. The number of rotatable bonds is 9. The van der Waals surface area contributed by atoms with Crippen molar-refractivity contribution < 1.29 is 4.79 Å². The van der Waals surface area contributed by atoms with Crippen LogP contribution in [-0.2, 0) is 17.8 Å². The molecule has 1 N–H and O–H groups in total. The van der Waals surface area contributed by atoms with Crippen LogP contribution in [0.1, 0.15) is 48.6 Å². The maximum Gasteiger partial charge on any atom is 0.244 e. The Labute approximate surface area is 164 Å². The normalized spacial score (nSPS) is 11.6. The molecule has 1 amide bonds. The molecule has 2 rings (SSSR count). The Morgan fingerprint density at radius 3 is 2.81 bits per heavy atom. The molecule has 2 aromatic rings. The highest BCUT2D eigenvalue weighted by atomic mass is 35.5. The van der Waals surface area contributed by atoms with Crippen LogP contribution in [0.25, 0.3) is 6.08 Å². The predicted molar refractivity (Wildman–Crippen MR) is 109 cm³/mol. The van der Waals surface area contributed by atoms with E-state index in [9.17, 15) is 4.79 Å². The Morgan fingerprint density at radius 1 is 1.38 bits per heavy atom. The highest BCUT2D eigenvalue weighted by Crippen LogP contribution is 2.22. The van der Waals surface area contributed by atoms with Gasteiger partial charge >= 0.3 is 0 Å².